The third kappa shape index (κ3) is 5.07. The lowest BCUT2D eigenvalue weighted by Crippen LogP contribution is -2.16. The molecule has 3 N–H and O–H groups in total. The lowest BCUT2D eigenvalue weighted by molar-refractivity contribution is -0.113. The number of carbonyl (C=O) groups excluding carboxylic acids is 1. The Morgan fingerprint density at radius 2 is 1.90 bits per heavy atom. The second-order valence-corrected chi connectivity index (χ2v) is 8.81. The highest BCUT2D eigenvalue weighted by molar-refractivity contribution is 7.99. The van der Waals surface area contributed by atoms with Crippen LogP contribution in [0.4, 0.5) is 10.1 Å². The van der Waals surface area contributed by atoms with Gasteiger partial charge in [0.25, 0.3) is 0 Å². The number of carbonyl (C=O) groups is 1. The van der Waals surface area contributed by atoms with Gasteiger partial charge in [-0.2, -0.15) is 0 Å². The van der Waals surface area contributed by atoms with E-state index in [1.165, 1.54) is 22.4 Å². The molecule has 0 saturated carbocycles. The molecule has 0 bridgehead atoms. The number of halogens is 2. The van der Waals surface area contributed by atoms with Crippen LogP contribution in [0.15, 0.2) is 47.6 Å². The lowest BCUT2D eigenvalue weighted by atomic mass is 9.87. The Kier molecular flexibility index (Phi) is 6.14. The molecule has 1 amide bonds. The van der Waals surface area contributed by atoms with Crippen molar-refractivity contribution in [1.82, 2.24) is 14.9 Å². The molecule has 2 aromatic carbocycles. The monoisotopic (exact) mass is 433 g/mol. The number of benzene rings is 2. The zero-order valence-corrected chi connectivity index (χ0v) is 17.8. The van der Waals surface area contributed by atoms with Crippen molar-refractivity contribution in [3.8, 4) is 11.4 Å². The van der Waals surface area contributed by atoms with Crippen LogP contribution in [0.1, 0.15) is 26.3 Å². The Hall–Kier alpha value is -2.58. The van der Waals surface area contributed by atoms with Crippen molar-refractivity contribution in [2.45, 2.75) is 31.3 Å². The molecule has 0 unspecified atom stereocenters. The predicted molar refractivity (Wildman–Crippen MR) is 115 cm³/mol. The molecular weight excluding hydrogens is 413 g/mol. The number of thioether (sulfide) groups is 1. The average molecular weight is 434 g/mol. The van der Waals surface area contributed by atoms with Gasteiger partial charge in [-0.25, -0.2) is 9.07 Å². The minimum absolute atomic E-state index is 0.0476. The highest BCUT2D eigenvalue weighted by atomic mass is 35.5. The number of anilines is 1. The molecule has 0 aliphatic carbocycles. The normalized spacial score (nSPS) is 11.5. The van der Waals surface area contributed by atoms with Crippen LogP contribution in [-0.2, 0) is 10.2 Å². The number of hydrogen-bond donors (Lipinski definition) is 2. The topological polar surface area (TPSA) is 85.8 Å². The quantitative estimate of drug-likeness (QED) is 0.457. The van der Waals surface area contributed by atoms with Crippen molar-refractivity contribution in [1.29, 1.82) is 0 Å². The van der Waals surface area contributed by atoms with Crippen LogP contribution in [0.3, 0.4) is 0 Å². The second kappa shape index (κ2) is 8.42. The third-order valence-electron chi connectivity index (χ3n) is 4.21. The van der Waals surface area contributed by atoms with Crippen molar-refractivity contribution >= 4 is 35.0 Å². The van der Waals surface area contributed by atoms with Gasteiger partial charge in [-0.05, 0) is 29.2 Å². The van der Waals surface area contributed by atoms with Crippen molar-refractivity contribution in [3.63, 3.8) is 0 Å². The van der Waals surface area contributed by atoms with Crippen molar-refractivity contribution in [2.24, 2.45) is 0 Å². The fourth-order valence-corrected chi connectivity index (χ4v) is 3.47. The van der Waals surface area contributed by atoms with Gasteiger partial charge in [-0.3, -0.25) is 4.79 Å². The van der Waals surface area contributed by atoms with Gasteiger partial charge in [0.1, 0.15) is 5.82 Å². The van der Waals surface area contributed by atoms with E-state index in [0.29, 0.717) is 16.7 Å². The van der Waals surface area contributed by atoms with E-state index in [1.54, 1.807) is 0 Å². The van der Waals surface area contributed by atoms with Crippen molar-refractivity contribution in [3.05, 3.63) is 58.9 Å². The van der Waals surface area contributed by atoms with E-state index in [2.05, 4.69) is 36.3 Å². The van der Waals surface area contributed by atoms with Crippen LogP contribution in [0.25, 0.3) is 11.4 Å². The molecule has 9 heteroatoms. The number of hydrogen-bond acceptors (Lipinski definition) is 5. The molecule has 0 spiro atoms. The van der Waals surface area contributed by atoms with Crippen molar-refractivity contribution < 1.29 is 9.18 Å². The Morgan fingerprint density at radius 3 is 2.52 bits per heavy atom. The summed E-state index contributed by atoms with van der Waals surface area (Å²) < 4.78 is 14.4. The highest BCUT2D eigenvalue weighted by Crippen LogP contribution is 2.27. The molecule has 1 heterocycles. The Labute approximate surface area is 177 Å². The van der Waals surface area contributed by atoms with Crippen LogP contribution in [0.5, 0.6) is 0 Å². The molecule has 3 aromatic rings. The number of nitrogens with zero attached hydrogens (tertiary/aromatic N) is 3. The number of aromatic nitrogens is 3. The Morgan fingerprint density at radius 1 is 1.21 bits per heavy atom. The number of nitrogens with two attached hydrogens (primary N) is 1. The fourth-order valence-electron chi connectivity index (χ4n) is 2.60. The van der Waals surface area contributed by atoms with E-state index in [0.717, 1.165) is 23.4 Å². The van der Waals surface area contributed by atoms with Gasteiger partial charge >= 0.3 is 0 Å². The van der Waals surface area contributed by atoms with Crippen molar-refractivity contribution in [2.75, 3.05) is 16.9 Å². The molecule has 0 saturated heterocycles. The van der Waals surface area contributed by atoms with Crippen LogP contribution in [-0.4, -0.2) is 26.5 Å². The van der Waals surface area contributed by atoms with Crippen LogP contribution < -0.4 is 11.2 Å². The van der Waals surface area contributed by atoms with Gasteiger partial charge in [0.15, 0.2) is 5.82 Å². The minimum Gasteiger partial charge on any atom is -0.335 e. The molecule has 0 radical (unpaired) electrons. The Balaban J connectivity index is 1.66. The molecule has 1 aromatic heterocycles. The maximum absolute atomic E-state index is 13.1. The first-order valence-electron chi connectivity index (χ1n) is 8.84. The highest BCUT2D eigenvalue weighted by Gasteiger charge is 2.17. The third-order valence-corrected chi connectivity index (χ3v) is 5.47. The largest absolute Gasteiger partial charge is 0.335 e. The number of nitrogens with one attached hydrogen (secondary N) is 1. The van der Waals surface area contributed by atoms with Gasteiger partial charge in [0.05, 0.1) is 16.5 Å². The molecule has 0 aliphatic rings. The minimum atomic E-state index is -0.471. The smallest absolute Gasteiger partial charge is 0.234 e. The maximum atomic E-state index is 13.1. The van der Waals surface area contributed by atoms with E-state index >= 15 is 0 Å². The van der Waals surface area contributed by atoms with E-state index in [9.17, 15) is 9.18 Å². The molecule has 152 valence electrons. The summed E-state index contributed by atoms with van der Waals surface area (Å²) in [7, 11) is 0. The summed E-state index contributed by atoms with van der Waals surface area (Å²) >= 11 is 7.06. The first-order chi connectivity index (χ1) is 13.6. The fraction of sp³-hybridized carbons (Fsp3) is 0.250. The first-order valence-corrected chi connectivity index (χ1v) is 10.2. The first kappa shape index (κ1) is 21.1. The SMILES string of the molecule is CC(C)(C)c1ccc(-c2nnc(SCC(=O)Nc3ccc(F)cc3Cl)n2N)cc1. The van der Waals surface area contributed by atoms with Crippen LogP contribution in [0.2, 0.25) is 5.02 Å². The van der Waals surface area contributed by atoms with Gasteiger partial charge in [-0.1, -0.05) is 68.4 Å². The van der Waals surface area contributed by atoms with Gasteiger partial charge < -0.3 is 11.2 Å². The second-order valence-electron chi connectivity index (χ2n) is 7.46. The summed E-state index contributed by atoms with van der Waals surface area (Å²) in [5, 5.41) is 11.4. The average Bonchev–Trinajstić information content (AvgIpc) is 3.02. The zero-order valence-electron chi connectivity index (χ0n) is 16.2. The molecule has 0 fully saturated rings. The summed E-state index contributed by atoms with van der Waals surface area (Å²) in [6.45, 7) is 6.44. The van der Waals surface area contributed by atoms with Crippen LogP contribution >= 0.6 is 23.4 Å². The predicted octanol–water partition coefficient (Wildman–Crippen LogP) is 4.48. The van der Waals surface area contributed by atoms with Gasteiger partial charge in [-0.15, -0.1) is 10.2 Å². The van der Waals surface area contributed by atoms with Gasteiger partial charge in [0.2, 0.25) is 11.1 Å². The Bertz CT molecular complexity index is 1030. The summed E-state index contributed by atoms with van der Waals surface area (Å²) in [5.41, 5.74) is 2.43. The van der Waals surface area contributed by atoms with Gasteiger partial charge in [0, 0.05) is 5.56 Å². The van der Waals surface area contributed by atoms with E-state index in [4.69, 9.17) is 17.4 Å². The summed E-state index contributed by atoms with van der Waals surface area (Å²) in [6.07, 6.45) is 0. The molecule has 29 heavy (non-hydrogen) atoms. The lowest BCUT2D eigenvalue weighted by Gasteiger charge is -2.19. The summed E-state index contributed by atoms with van der Waals surface area (Å²) in [6, 6.07) is 11.7. The molecule has 0 atom stereocenters. The standard InChI is InChI=1S/C20H21ClFN5OS/c1-20(2,3)13-6-4-12(5-7-13)18-25-26-19(27(18)23)29-11-17(28)24-16-9-8-14(22)10-15(16)21/h4-10H,11,23H2,1-3H3,(H,24,28). The van der Waals surface area contributed by atoms with E-state index < -0.39 is 5.82 Å². The number of rotatable bonds is 5. The van der Waals surface area contributed by atoms with E-state index in [1.807, 2.05) is 24.3 Å². The van der Waals surface area contributed by atoms with Crippen LogP contribution in [0, 0.1) is 5.82 Å². The zero-order chi connectivity index (χ0) is 21.2. The number of nitrogen functional groups attached to an aromatic ring is 1. The molecular formula is C20H21ClFN5OS. The number of amides is 1. The molecule has 6 nitrogen and oxygen atoms in total. The summed E-state index contributed by atoms with van der Waals surface area (Å²) in [4.78, 5) is 12.2. The summed E-state index contributed by atoms with van der Waals surface area (Å²) in [5.74, 6) is 5.88. The molecule has 0 aliphatic heterocycles. The van der Waals surface area contributed by atoms with E-state index in [-0.39, 0.29) is 22.1 Å². The molecule has 3 rings (SSSR count). The maximum Gasteiger partial charge on any atom is 0.234 e.